The van der Waals surface area contributed by atoms with Gasteiger partial charge in [0.05, 0.1) is 12.2 Å². The van der Waals surface area contributed by atoms with Crippen molar-refractivity contribution in [1.29, 1.82) is 0 Å². The summed E-state index contributed by atoms with van der Waals surface area (Å²) in [4.78, 5) is 27.1. The van der Waals surface area contributed by atoms with Crippen molar-refractivity contribution in [3.8, 4) is 0 Å². The Morgan fingerprint density at radius 3 is 2.68 bits per heavy atom. The van der Waals surface area contributed by atoms with Crippen molar-refractivity contribution in [1.82, 2.24) is 9.55 Å². The number of nitro groups is 1. The molecule has 0 spiro atoms. The summed E-state index contributed by atoms with van der Waals surface area (Å²) in [6, 6.07) is 3.18. The van der Waals surface area contributed by atoms with Crippen LogP contribution < -0.4 is 5.32 Å². The highest BCUT2D eigenvalue weighted by molar-refractivity contribution is 5.92. The summed E-state index contributed by atoms with van der Waals surface area (Å²) in [5.41, 5.74) is -1.28. The number of rotatable bonds is 4. The second-order valence-electron chi connectivity index (χ2n) is 5.94. The van der Waals surface area contributed by atoms with Crippen molar-refractivity contribution < 1.29 is 27.6 Å². The number of alkyl halides is 3. The Balaban J connectivity index is 2.33. The molecule has 1 N–H and O–H groups in total. The van der Waals surface area contributed by atoms with E-state index in [1.54, 1.807) is 6.92 Å². The molecule has 0 amide bonds. The molecule has 2 heterocycles. The minimum absolute atomic E-state index is 0.0118. The van der Waals surface area contributed by atoms with Crippen LogP contribution in [-0.4, -0.2) is 27.1 Å². The van der Waals surface area contributed by atoms with E-state index < -0.39 is 34.5 Å². The van der Waals surface area contributed by atoms with E-state index in [-0.39, 0.29) is 29.4 Å². The van der Waals surface area contributed by atoms with Gasteiger partial charge in [-0.15, -0.1) is 0 Å². The number of benzene rings is 1. The van der Waals surface area contributed by atoms with Crippen LogP contribution in [0.25, 0.3) is 0 Å². The van der Waals surface area contributed by atoms with Gasteiger partial charge in [0.15, 0.2) is 6.04 Å². The molecule has 1 aromatic carbocycles. The lowest BCUT2D eigenvalue weighted by Crippen LogP contribution is -2.31. The molecule has 2 aromatic rings. The van der Waals surface area contributed by atoms with Crippen LogP contribution in [0, 0.1) is 10.1 Å². The normalized spacial score (nSPS) is 16.4. The van der Waals surface area contributed by atoms with Gasteiger partial charge < -0.3 is 20.2 Å². The highest BCUT2D eigenvalue weighted by atomic mass is 19.4. The molecule has 1 unspecified atom stereocenters. The summed E-state index contributed by atoms with van der Waals surface area (Å²) in [5.74, 6) is -1.47. The van der Waals surface area contributed by atoms with Crippen LogP contribution in [0.5, 0.6) is 0 Å². The molecule has 3 rings (SSSR count). The number of fused-ring (bicyclic) bond motifs is 1. The first kappa shape index (κ1) is 19.4. The highest BCUT2D eigenvalue weighted by Gasteiger charge is 2.45. The first-order valence-corrected chi connectivity index (χ1v) is 8.19. The van der Waals surface area contributed by atoms with Crippen molar-refractivity contribution in [2.75, 3.05) is 11.9 Å². The molecule has 11 heteroatoms. The fourth-order valence-electron chi connectivity index (χ4n) is 3.16. The van der Waals surface area contributed by atoms with Crippen LogP contribution >= 0.6 is 0 Å². The summed E-state index contributed by atoms with van der Waals surface area (Å²) in [7, 11) is 0. The summed E-state index contributed by atoms with van der Waals surface area (Å²) in [5, 5.41) is 14.2. The van der Waals surface area contributed by atoms with Gasteiger partial charge >= 0.3 is 18.0 Å². The lowest BCUT2D eigenvalue weighted by Gasteiger charge is -2.27. The van der Waals surface area contributed by atoms with Crippen molar-refractivity contribution in [3.63, 3.8) is 0 Å². The molecular formula is C17H15F3N4O4. The minimum Gasteiger partial charge on any atom is -0.462 e. The van der Waals surface area contributed by atoms with E-state index in [1.807, 2.05) is 0 Å². The van der Waals surface area contributed by atoms with Crippen LogP contribution in [0.15, 0.2) is 41.7 Å². The van der Waals surface area contributed by atoms with Gasteiger partial charge in [0.2, 0.25) is 0 Å². The maximum absolute atomic E-state index is 13.6. The van der Waals surface area contributed by atoms with E-state index in [4.69, 9.17) is 4.74 Å². The molecule has 0 saturated carbocycles. The lowest BCUT2D eigenvalue weighted by molar-refractivity contribution is -0.392. The van der Waals surface area contributed by atoms with E-state index in [2.05, 4.69) is 10.3 Å². The van der Waals surface area contributed by atoms with E-state index in [1.165, 1.54) is 25.1 Å². The van der Waals surface area contributed by atoms with Gasteiger partial charge in [0.1, 0.15) is 11.8 Å². The number of hydrogen-bond acceptors (Lipinski definition) is 6. The van der Waals surface area contributed by atoms with Gasteiger partial charge in [-0.2, -0.15) is 22.7 Å². The number of carbonyl (C=O) groups is 1. The van der Waals surface area contributed by atoms with E-state index in [9.17, 15) is 28.1 Å². The summed E-state index contributed by atoms with van der Waals surface area (Å²) >= 11 is 0. The van der Waals surface area contributed by atoms with Gasteiger partial charge in [-0.3, -0.25) is 0 Å². The largest absolute Gasteiger partial charge is 0.462 e. The predicted octanol–water partition coefficient (Wildman–Crippen LogP) is 3.66. The third-order valence-corrected chi connectivity index (χ3v) is 4.26. The molecule has 1 aromatic heterocycles. The van der Waals surface area contributed by atoms with Crippen LogP contribution in [0.3, 0.4) is 0 Å². The molecular weight excluding hydrogens is 381 g/mol. The monoisotopic (exact) mass is 396 g/mol. The Morgan fingerprint density at radius 2 is 2.07 bits per heavy atom. The zero-order valence-corrected chi connectivity index (χ0v) is 14.8. The molecule has 0 aliphatic carbocycles. The Hall–Kier alpha value is -3.37. The Kier molecular flexibility index (Phi) is 4.84. The van der Waals surface area contributed by atoms with Crippen molar-refractivity contribution >= 4 is 17.7 Å². The molecule has 8 nitrogen and oxygen atoms in total. The van der Waals surface area contributed by atoms with Gasteiger partial charge in [0.25, 0.3) is 5.95 Å². The van der Waals surface area contributed by atoms with Crippen LogP contribution in [0.4, 0.5) is 24.9 Å². The van der Waals surface area contributed by atoms with Gasteiger partial charge in [0, 0.05) is 11.3 Å². The maximum atomic E-state index is 13.6. The second-order valence-corrected chi connectivity index (χ2v) is 5.94. The average Bonchev–Trinajstić information content (AvgIpc) is 3.03. The molecule has 1 aliphatic heterocycles. The number of aromatic nitrogens is 2. The SMILES string of the molecule is CCOC(=O)C1=C(C)Nc2ncc([N+](=O)[O-])n2C1c1ccccc1C(F)(F)F. The third kappa shape index (κ3) is 3.19. The molecule has 148 valence electrons. The molecule has 0 radical (unpaired) electrons. The average molecular weight is 396 g/mol. The van der Waals surface area contributed by atoms with E-state index in [0.29, 0.717) is 0 Å². The van der Waals surface area contributed by atoms with Crippen molar-refractivity contribution in [3.05, 3.63) is 63.0 Å². The molecule has 28 heavy (non-hydrogen) atoms. The molecule has 0 fully saturated rings. The fourth-order valence-corrected chi connectivity index (χ4v) is 3.16. The van der Waals surface area contributed by atoms with Crippen molar-refractivity contribution in [2.24, 2.45) is 0 Å². The number of nitrogens with zero attached hydrogens (tertiary/aromatic N) is 3. The van der Waals surface area contributed by atoms with E-state index in [0.717, 1.165) is 16.8 Å². The summed E-state index contributed by atoms with van der Waals surface area (Å²) < 4.78 is 46.9. The Labute approximate surface area is 156 Å². The number of allylic oxidation sites excluding steroid dienone is 1. The van der Waals surface area contributed by atoms with Crippen LogP contribution in [0.2, 0.25) is 0 Å². The quantitative estimate of drug-likeness (QED) is 0.481. The van der Waals surface area contributed by atoms with Gasteiger partial charge in [-0.05, 0) is 24.8 Å². The molecule has 0 saturated heterocycles. The van der Waals surface area contributed by atoms with E-state index >= 15 is 0 Å². The number of ether oxygens (including phenoxy) is 1. The first-order chi connectivity index (χ1) is 13.2. The smallest absolute Gasteiger partial charge is 0.416 e. The van der Waals surface area contributed by atoms with Crippen LogP contribution in [-0.2, 0) is 15.7 Å². The summed E-state index contributed by atoms with van der Waals surface area (Å²) in [6.07, 6.45) is -3.81. The highest BCUT2D eigenvalue weighted by Crippen LogP contribution is 2.44. The number of halogens is 3. The number of hydrogen-bond donors (Lipinski definition) is 1. The first-order valence-electron chi connectivity index (χ1n) is 8.19. The number of nitrogens with one attached hydrogen (secondary N) is 1. The standard InChI is InChI=1S/C17H15F3N4O4/c1-3-28-15(25)13-9(2)22-16-21-8-12(24(26)27)23(16)14(13)10-6-4-5-7-11(10)17(18,19)20/h4-8,14H,3H2,1-2H3,(H,21,22). The number of imidazole rings is 1. The number of carbonyl (C=O) groups excluding carboxylic acids is 1. The molecule has 1 aliphatic rings. The second kappa shape index (κ2) is 6.98. The topological polar surface area (TPSA) is 99.3 Å². The third-order valence-electron chi connectivity index (χ3n) is 4.26. The summed E-state index contributed by atoms with van der Waals surface area (Å²) in [6.45, 7) is 3.01. The van der Waals surface area contributed by atoms with Gasteiger partial charge in [-0.25, -0.2) is 4.79 Å². The molecule has 1 atom stereocenters. The Bertz CT molecular complexity index is 981. The zero-order chi connectivity index (χ0) is 20.6. The minimum atomic E-state index is -4.73. The fraction of sp³-hybridized carbons (Fsp3) is 0.294. The lowest BCUT2D eigenvalue weighted by atomic mass is 9.91. The predicted molar refractivity (Wildman–Crippen MR) is 91.4 cm³/mol. The Morgan fingerprint density at radius 1 is 1.39 bits per heavy atom. The number of anilines is 1. The number of esters is 1. The van der Waals surface area contributed by atoms with Crippen LogP contribution in [0.1, 0.15) is 31.0 Å². The van der Waals surface area contributed by atoms with Gasteiger partial charge in [-0.1, -0.05) is 18.2 Å². The molecule has 0 bridgehead atoms. The van der Waals surface area contributed by atoms with Crippen molar-refractivity contribution in [2.45, 2.75) is 26.1 Å². The zero-order valence-electron chi connectivity index (χ0n) is 14.8. The maximum Gasteiger partial charge on any atom is 0.416 e.